The van der Waals surface area contributed by atoms with E-state index >= 15 is 0 Å². The van der Waals surface area contributed by atoms with Gasteiger partial charge in [0.15, 0.2) is 0 Å². The first-order valence-corrected chi connectivity index (χ1v) is 6.15. The highest BCUT2D eigenvalue weighted by Crippen LogP contribution is 2.25. The van der Waals surface area contributed by atoms with Gasteiger partial charge >= 0.3 is 5.97 Å². The van der Waals surface area contributed by atoms with Crippen molar-refractivity contribution in [1.29, 1.82) is 10.5 Å². The van der Waals surface area contributed by atoms with Gasteiger partial charge in [-0.25, -0.2) is 9.18 Å². The van der Waals surface area contributed by atoms with Crippen molar-refractivity contribution >= 4 is 17.7 Å². The molecular weight excluding hydrogens is 273 g/mol. The average molecular weight is 287 g/mol. The van der Waals surface area contributed by atoms with Gasteiger partial charge in [0.2, 0.25) is 0 Å². The molecule has 1 aromatic carbocycles. The lowest BCUT2D eigenvalue weighted by Gasteiger charge is -2.15. The third-order valence-corrected chi connectivity index (χ3v) is 2.66. The SMILES string of the molecule is CCOC(=O)C(C#N)=Cc1ccc(N(C)C)c(C#N)c1F. The lowest BCUT2D eigenvalue weighted by molar-refractivity contribution is -0.137. The molecule has 0 N–H and O–H groups in total. The zero-order chi connectivity index (χ0) is 16.0. The van der Waals surface area contributed by atoms with Gasteiger partial charge in [-0.2, -0.15) is 10.5 Å². The zero-order valence-corrected chi connectivity index (χ0v) is 12.0. The van der Waals surface area contributed by atoms with Crippen molar-refractivity contribution in [2.75, 3.05) is 25.6 Å². The number of hydrogen-bond acceptors (Lipinski definition) is 5. The molecule has 1 aromatic rings. The number of ether oxygens (including phenoxy) is 1. The Bertz CT molecular complexity index is 667. The quantitative estimate of drug-likeness (QED) is 0.482. The van der Waals surface area contributed by atoms with Gasteiger partial charge in [0.1, 0.15) is 29.1 Å². The second-order valence-electron chi connectivity index (χ2n) is 4.26. The number of carbonyl (C=O) groups is 1. The topological polar surface area (TPSA) is 77.1 Å². The molecule has 0 atom stereocenters. The Morgan fingerprint density at radius 3 is 2.57 bits per heavy atom. The third-order valence-electron chi connectivity index (χ3n) is 2.66. The molecule has 0 aliphatic rings. The first kappa shape index (κ1) is 16.2. The van der Waals surface area contributed by atoms with Crippen LogP contribution in [0.2, 0.25) is 0 Å². The van der Waals surface area contributed by atoms with Gasteiger partial charge in [0, 0.05) is 19.7 Å². The Morgan fingerprint density at radius 1 is 1.43 bits per heavy atom. The van der Waals surface area contributed by atoms with E-state index in [1.54, 1.807) is 44.1 Å². The van der Waals surface area contributed by atoms with E-state index in [1.165, 1.54) is 6.07 Å². The number of halogens is 1. The van der Waals surface area contributed by atoms with E-state index in [4.69, 9.17) is 15.3 Å². The number of anilines is 1. The molecule has 0 fully saturated rings. The maximum Gasteiger partial charge on any atom is 0.348 e. The van der Waals surface area contributed by atoms with E-state index in [2.05, 4.69) is 0 Å². The summed E-state index contributed by atoms with van der Waals surface area (Å²) in [6.45, 7) is 1.72. The van der Waals surface area contributed by atoms with Crippen LogP contribution in [0.15, 0.2) is 17.7 Å². The predicted octanol–water partition coefficient (Wildman–Crippen LogP) is 2.23. The summed E-state index contributed by atoms with van der Waals surface area (Å²) in [4.78, 5) is 13.1. The fourth-order valence-electron chi connectivity index (χ4n) is 1.67. The zero-order valence-electron chi connectivity index (χ0n) is 12.0. The minimum absolute atomic E-state index is 0.0123. The Labute approximate surface area is 122 Å². The highest BCUT2D eigenvalue weighted by atomic mass is 19.1. The highest BCUT2D eigenvalue weighted by molar-refractivity contribution is 5.98. The van der Waals surface area contributed by atoms with Crippen molar-refractivity contribution < 1.29 is 13.9 Å². The van der Waals surface area contributed by atoms with Crippen LogP contribution in [-0.2, 0) is 9.53 Å². The van der Waals surface area contributed by atoms with Crippen molar-refractivity contribution in [1.82, 2.24) is 0 Å². The van der Waals surface area contributed by atoms with Gasteiger partial charge in [0.25, 0.3) is 0 Å². The number of carbonyl (C=O) groups excluding carboxylic acids is 1. The maximum atomic E-state index is 14.3. The number of hydrogen-bond donors (Lipinski definition) is 0. The van der Waals surface area contributed by atoms with Gasteiger partial charge in [0.05, 0.1) is 12.3 Å². The Balaban J connectivity index is 3.37. The molecular formula is C15H14FN3O2. The molecule has 6 heteroatoms. The smallest absolute Gasteiger partial charge is 0.348 e. The van der Waals surface area contributed by atoms with Gasteiger partial charge in [-0.3, -0.25) is 0 Å². The fraction of sp³-hybridized carbons (Fsp3) is 0.267. The summed E-state index contributed by atoms with van der Waals surface area (Å²) in [6.07, 6.45) is 1.08. The summed E-state index contributed by atoms with van der Waals surface area (Å²) in [5, 5.41) is 18.0. The Kier molecular flexibility index (Phi) is 5.45. The van der Waals surface area contributed by atoms with Crippen LogP contribution in [0.4, 0.5) is 10.1 Å². The molecule has 0 saturated carbocycles. The van der Waals surface area contributed by atoms with E-state index in [0.29, 0.717) is 5.69 Å². The van der Waals surface area contributed by atoms with Crippen molar-refractivity contribution in [2.24, 2.45) is 0 Å². The number of nitrogens with zero attached hydrogens (tertiary/aromatic N) is 3. The van der Waals surface area contributed by atoms with Crippen LogP contribution in [0.3, 0.4) is 0 Å². The van der Waals surface area contributed by atoms with E-state index < -0.39 is 11.8 Å². The summed E-state index contributed by atoms with van der Waals surface area (Å²) in [5.74, 6) is -1.60. The second kappa shape index (κ2) is 7.06. The van der Waals surface area contributed by atoms with Gasteiger partial charge in [-0.15, -0.1) is 0 Å². The number of benzene rings is 1. The van der Waals surface area contributed by atoms with Crippen LogP contribution in [0.5, 0.6) is 0 Å². The number of esters is 1. The lowest BCUT2D eigenvalue weighted by Crippen LogP contribution is -2.12. The molecule has 0 radical (unpaired) electrons. The molecule has 0 heterocycles. The predicted molar refractivity (Wildman–Crippen MR) is 75.7 cm³/mol. The van der Waals surface area contributed by atoms with Crippen molar-refractivity contribution in [2.45, 2.75) is 6.92 Å². The number of nitriles is 2. The minimum Gasteiger partial charge on any atom is -0.462 e. The fourth-order valence-corrected chi connectivity index (χ4v) is 1.67. The summed E-state index contributed by atoms with van der Waals surface area (Å²) in [5.41, 5.74) is -0.0595. The first-order valence-electron chi connectivity index (χ1n) is 6.15. The average Bonchev–Trinajstić information content (AvgIpc) is 2.45. The van der Waals surface area contributed by atoms with E-state index in [1.807, 2.05) is 0 Å². The van der Waals surface area contributed by atoms with Crippen LogP contribution < -0.4 is 4.90 Å². The molecule has 0 aliphatic carbocycles. The van der Waals surface area contributed by atoms with Crippen LogP contribution >= 0.6 is 0 Å². The molecule has 21 heavy (non-hydrogen) atoms. The van der Waals surface area contributed by atoms with Crippen LogP contribution in [0, 0.1) is 28.5 Å². The standard InChI is InChI=1S/C15H14FN3O2/c1-4-21-15(20)11(8-17)7-10-5-6-13(19(2)3)12(9-18)14(10)16/h5-7H,4H2,1-3H3. The molecule has 0 spiro atoms. The van der Waals surface area contributed by atoms with Crippen molar-refractivity contribution in [3.63, 3.8) is 0 Å². The van der Waals surface area contributed by atoms with E-state index in [-0.39, 0.29) is 23.3 Å². The Morgan fingerprint density at radius 2 is 2.10 bits per heavy atom. The van der Waals surface area contributed by atoms with Gasteiger partial charge in [-0.05, 0) is 25.1 Å². The molecule has 108 valence electrons. The third kappa shape index (κ3) is 3.58. The summed E-state index contributed by atoms with van der Waals surface area (Å²) in [7, 11) is 3.37. The second-order valence-corrected chi connectivity index (χ2v) is 4.26. The summed E-state index contributed by atoms with van der Waals surface area (Å²) in [6, 6.07) is 6.40. The maximum absolute atomic E-state index is 14.3. The minimum atomic E-state index is -0.824. The molecule has 0 amide bonds. The molecule has 0 unspecified atom stereocenters. The van der Waals surface area contributed by atoms with Crippen molar-refractivity contribution in [3.05, 3.63) is 34.6 Å². The lowest BCUT2D eigenvalue weighted by atomic mass is 10.0. The Hall–Kier alpha value is -2.86. The van der Waals surface area contributed by atoms with Gasteiger partial charge in [-0.1, -0.05) is 0 Å². The molecule has 0 aliphatic heterocycles. The molecule has 0 bridgehead atoms. The highest BCUT2D eigenvalue weighted by Gasteiger charge is 2.16. The molecule has 0 aromatic heterocycles. The van der Waals surface area contributed by atoms with E-state index in [0.717, 1.165) is 6.08 Å². The van der Waals surface area contributed by atoms with Crippen LogP contribution in [0.25, 0.3) is 6.08 Å². The normalized spacial score (nSPS) is 10.5. The molecule has 5 nitrogen and oxygen atoms in total. The first-order chi connectivity index (χ1) is 9.96. The molecule has 1 rings (SSSR count). The van der Waals surface area contributed by atoms with Gasteiger partial charge < -0.3 is 9.64 Å². The van der Waals surface area contributed by atoms with Crippen LogP contribution in [0.1, 0.15) is 18.1 Å². The van der Waals surface area contributed by atoms with E-state index in [9.17, 15) is 9.18 Å². The van der Waals surface area contributed by atoms with Crippen LogP contribution in [-0.4, -0.2) is 26.7 Å². The largest absolute Gasteiger partial charge is 0.462 e. The number of rotatable bonds is 4. The van der Waals surface area contributed by atoms with Crippen molar-refractivity contribution in [3.8, 4) is 12.1 Å². The molecule has 0 saturated heterocycles. The summed E-state index contributed by atoms with van der Waals surface area (Å²) >= 11 is 0. The monoisotopic (exact) mass is 287 g/mol. The summed E-state index contributed by atoms with van der Waals surface area (Å²) < 4.78 is 19.0.